The van der Waals surface area contributed by atoms with Gasteiger partial charge in [-0.3, -0.25) is 0 Å². The molecule has 18 heavy (non-hydrogen) atoms. The summed E-state index contributed by atoms with van der Waals surface area (Å²) in [5, 5.41) is 8.02. The summed E-state index contributed by atoms with van der Waals surface area (Å²) in [5.74, 6) is 1.95. The van der Waals surface area contributed by atoms with Crippen molar-refractivity contribution < 1.29 is 0 Å². The topological polar surface area (TPSA) is 72.9 Å². The first kappa shape index (κ1) is 11.2. The Morgan fingerprint density at radius 3 is 2.94 bits per heavy atom. The molecule has 2 N–H and O–H groups in total. The van der Waals surface area contributed by atoms with E-state index in [-0.39, 0.29) is 6.04 Å². The summed E-state index contributed by atoms with van der Waals surface area (Å²) in [6, 6.07) is 4.08. The van der Waals surface area contributed by atoms with E-state index in [1.54, 1.807) is 6.33 Å². The van der Waals surface area contributed by atoms with Gasteiger partial charge in [-0.25, -0.2) is 4.98 Å². The third-order valence-electron chi connectivity index (χ3n) is 3.26. The minimum Gasteiger partial charge on any atom is -0.347 e. The highest BCUT2D eigenvalue weighted by Crippen LogP contribution is 2.19. The third kappa shape index (κ3) is 1.95. The van der Waals surface area contributed by atoms with Gasteiger partial charge in [0.25, 0.3) is 0 Å². The number of rotatable bonds is 2. The smallest absolute Gasteiger partial charge is 0.152 e. The molecule has 1 atom stereocenters. The van der Waals surface area contributed by atoms with Gasteiger partial charge in [0.2, 0.25) is 0 Å². The summed E-state index contributed by atoms with van der Waals surface area (Å²) in [6.45, 7) is 4.54. The normalized spacial score (nSPS) is 16.4. The summed E-state index contributed by atoms with van der Waals surface area (Å²) in [5.41, 5.74) is 6.87. The Kier molecular flexibility index (Phi) is 2.71. The Hall–Kier alpha value is -1.95. The van der Waals surface area contributed by atoms with E-state index < -0.39 is 0 Å². The van der Waals surface area contributed by atoms with Crippen LogP contribution < -0.4 is 10.6 Å². The van der Waals surface area contributed by atoms with Gasteiger partial charge in [0.15, 0.2) is 5.82 Å². The molecule has 0 unspecified atom stereocenters. The lowest BCUT2D eigenvalue weighted by Gasteiger charge is -2.28. The number of hydrogen-bond acceptors (Lipinski definition) is 5. The first-order chi connectivity index (χ1) is 8.74. The van der Waals surface area contributed by atoms with E-state index in [9.17, 15) is 0 Å². The van der Waals surface area contributed by atoms with Crippen molar-refractivity contribution in [2.45, 2.75) is 26.1 Å². The fraction of sp³-hybridized carbons (Fsp3) is 0.417. The van der Waals surface area contributed by atoms with Crippen LogP contribution in [0.2, 0.25) is 0 Å². The lowest BCUT2D eigenvalue weighted by atomic mass is 10.1. The molecule has 0 saturated heterocycles. The molecule has 0 aliphatic carbocycles. The first-order valence-corrected chi connectivity index (χ1v) is 6.07. The monoisotopic (exact) mass is 244 g/mol. The molecule has 3 heterocycles. The summed E-state index contributed by atoms with van der Waals surface area (Å²) < 4.78 is 2.08. The van der Waals surface area contributed by atoms with E-state index >= 15 is 0 Å². The number of anilines is 1. The van der Waals surface area contributed by atoms with E-state index in [0.29, 0.717) is 0 Å². The van der Waals surface area contributed by atoms with Gasteiger partial charge in [-0.15, -0.1) is 10.2 Å². The van der Waals surface area contributed by atoms with Crippen LogP contribution in [0.1, 0.15) is 24.4 Å². The molecule has 0 radical (unpaired) electrons. The number of aromatic nitrogens is 4. The number of pyridine rings is 1. The summed E-state index contributed by atoms with van der Waals surface area (Å²) in [4.78, 5) is 6.67. The van der Waals surface area contributed by atoms with E-state index in [2.05, 4.69) is 24.6 Å². The number of nitrogens with zero attached hydrogens (tertiary/aromatic N) is 5. The molecule has 0 saturated carbocycles. The molecule has 6 heteroatoms. The lowest BCUT2D eigenvalue weighted by molar-refractivity contribution is 0.556. The van der Waals surface area contributed by atoms with Crippen molar-refractivity contribution in [3.05, 3.63) is 36.0 Å². The third-order valence-corrected chi connectivity index (χ3v) is 3.26. The zero-order chi connectivity index (χ0) is 12.5. The molecule has 1 aliphatic heterocycles. The van der Waals surface area contributed by atoms with Crippen LogP contribution in [0.25, 0.3) is 0 Å². The Balaban J connectivity index is 1.80. The Morgan fingerprint density at radius 1 is 1.33 bits per heavy atom. The molecule has 0 aromatic carbocycles. The van der Waals surface area contributed by atoms with Crippen molar-refractivity contribution in [1.29, 1.82) is 0 Å². The second-order valence-electron chi connectivity index (χ2n) is 4.60. The Bertz CT molecular complexity index is 530. The second kappa shape index (κ2) is 4.38. The molecule has 2 aromatic rings. The Morgan fingerprint density at radius 2 is 2.22 bits per heavy atom. The molecule has 2 aromatic heterocycles. The highest BCUT2D eigenvalue weighted by Gasteiger charge is 2.18. The highest BCUT2D eigenvalue weighted by molar-refractivity contribution is 5.40. The predicted molar refractivity (Wildman–Crippen MR) is 67.9 cm³/mol. The first-order valence-electron chi connectivity index (χ1n) is 6.07. The minimum atomic E-state index is 0.0241. The largest absolute Gasteiger partial charge is 0.347 e. The maximum absolute atomic E-state index is 5.82. The van der Waals surface area contributed by atoms with Gasteiger partial charge in [0, 0.05) is 25.3 Å². The lowest BCUT2D eigenvalue weighted by Crippen LogP contribution is -2.34. The highest BCUT2D eigenvalue weighted by atomic mass is 15.3. The minimum absolute atomic E-state index is 0.0241. The van der Waals surface area contributed by atoms with Gasteiger partial charge in [-0.2, -0.15) is 0 Å². The van der Waals surface area contributed by atoms with E-state index in [1.165, 1.54) is 0 Å². The van der Waals surface area contributed by atoms with Crippen molar-refractivity contribution in [2.75, 3.05) is 11.4 Å². The standard InChI is InChI=1S/C12H16N6/c1-9(13)10-2-3-11(14-6-10)17-4-5-18-8-15-16-12(18)7-17/h2-3,6,8-9H,4-5,7,13H2,1H3/t9-/m0/s1. The zero-order valence-electron chi connectivity index (χ0n) is 10.3. The second-order valence-corrected chi connectivity index (χ2v) is 4.60. The number of hydrogen-bond donors (Lipinski definition) is 1. The molecule has 6 nitrogen and oxygen atoms in total. The number of fused-ring (bicyclic) bond motifs is 1. The van der Waals surface area contributed by atoms with Crippen LogP contribution >= 0.6 is 0 Å². The number of nitrogens with two attached hydrogens (primary N) is 1. The maximum atomic E-state index is 5.82. The molecular weight excluding hydrogens is 228 g/mol. The van der Waals surface area contributed by atoms with Crippen LogP contribution in [0, 0.1) is 0 Å². The van der Waals surface area contributed by atoms with Crippen molar-refractivity contribution in [3.63, 3.8) is 0 Å². The van der Waals surface area contributed by atoms with Gasteiger partial charge >= 0.3 is 0 Å². The van der Waals surface area contributed by atoms with Crippen molar-refractivity contribution in [1.82, 2.24) is 19.7 Å². The van der Waals surface area contributed by atoms with Crippen LogP contribution in [0.4, 0.5) is 5.82 Å². The molecule has 94 valence electrons. The van der Waals surface area contributed by atoms with Crippen LogP contribution in [-0.4, -0.2) is 26.3 Å². The molecule has 0 spiro atoms. The van der Waals surface area contributed by atoms with E-state index in [1.807, 2.05) is 25.3 Å². The molecule has 0 bridgehead atoms. The molecule has 3 rings (SSSR count). The molecule has 1 aliphatic rings. The van der Waals surface area contributed by atoms with Crippen molar-refractivity contribution in [3.8, 4) is 0 Å². The average Bonchev–Trinajstić information content (AvgIpc) is 2.86. The van der Waals surface area contributed by atoms with E-state index in [0.717, 1.165) is 36.8 Å². The fourth-order valence-corrected chi connectivity index (χ4v) is 2.12. The van der Waals surface area contributed by atoms with E-state index in [4.69, 9.17) is 5.73 Å². The van der Waals surface area contributed by atoms with Gasteiger partial charge in [-0.05, 0) is 18.6 Å². The van der Waals surface area contributed by atoms with Gasteiger partial charge < -0.3 is 15.2 Å². The van der Waals surface area contributed by atoms with Crippen LogP contribution in [0.3, 0.4) is 0 Å². The predicted octanol–water partition coefficient (Wildman–Crippen LogP) is 0.713. The van der Waals surface area contributed by atoms with Gasteiger partial charge in [-0.1, -0.05) is 6.07 Å². The van der Waals surface area contributed by atoms with Crippen LogP contribution in [0.15, 0.2) is 24.7 Å². The van der Waals surface area contributed by atoms with Gasteiger partial charge in [0.05, 0.1) is 6.54 Å². The SMILES string of the molecule is C[C@H](N)c1ccc(N2CCn3cnnc3C2)nc1. The van der Waals surface area contributed by atoms with Gasteiger partial charge in [0.1, 0.15) is 12.1 Å². The van der Waals surface area contributed by atoms with Crippen molar-refractivity contribution in [2.24, 2.45) is 5.73 Å². The van der Waals surface area contributed by atoms with Crippen LogP contribution in [-0.2, 0) is 13.1 Å². The molecular formula is C12H16N6. The van der Waals surface area contributed by atoms with Crippen molar-refractivity contribution >= 4 is 5.82 Å². The molecule has 0 amide bonds. The fourth-order valence-electron chi connectivity index (χ4n) is 2.12. The average molecular weight is 244 g/mol. The summed E-state index contributed by atoms with van der Waals surface area (Å²) in [7, 11) is 0. The Labute approximate surface area is 105 Å². The molecule has 0 fully saturated rings. The summed E-state index contributed by atoms with van der Waals surface area (Å²) >= 11 is 0. The van der Waals surface area contributed by atoms with Crippen LogP contribution in [0.5, 0.6) is 0 Å². The quantitative estimate of drug-likeness (QED) is 0.842. The summed E-state index contributed by atoms with van der Waals surface area (Å²) in [6.07, 6.45) is 3.62. The zero-order valence-corrected chi connectivity index (χ0v) is 10.3. The maximum Gasteiger partial charge on any atom is 0.152 e.